The van der Waals surface area contributed by atoms with Gasteiger partial charge in [-0.05, 0) is 32.7 Å². The van der Waals surface area contributed by atoms with E-state index in [-0.39, 0.29) is 18.2 Å². The van der Waals surface area contributed by atoms with E-state index in [0.717, 1.165) is 19.5 Å². The summed E-state index contributed by atoms with van der Waals surface area (Å²) in [5, 5.41) is 6.13. The fraction of sp³-hybridized carbons (Fsp3) is 0.900. The van der Waals surface area contributed by atoms with Gasteiger partial charge in [0.15, 0.2) is 0 Å². The Morgan fingerprint density at radius 3 is 2.79 bits per heavy atom. The van der Waals surface area contributed by atoms with Gasteiger partial charge in [-0.15, -0.1) is 0 Å². The molecule has 2 unspecified atom stereocenters. The van der Waals surface area contributed by atoms with Gasteiger partial charge in [-0.2, -0.15) is 0 Å². The zero-order chi connectivity index (χ0) is 10.6. The van der Waals surface area contributed by atoms with Crippen LogP contribution in [0.1, 0.15) is 27.2 Å². The molecule has 1 heterocycles. The first-order valence-corrected chi connectivity index (χ1v) is 5.25. The van der Waals surface area contributed by atoms with E-state index < -0.39 is 0 Å². The van der Waals surface area contributed by atoms with Crippen molar-refractivity contribution >= 4 is 6.09 Å². The van der Waals surface area contributed by atoms with Gasteiger partial charge in [0, 0.05) is 12.6 Å². The van der Waals surface area contributed by atoms with Gasteiger partial charge in [0.1, 0.15) is 0 Å². The molecule has 1 amide bonds. The number of rotatable bonds is 2. The fourth-order valence-corrected chi connectivity index (χ4v) is 1.68. The number of amides is 1. The summed E-state index contributed by atoms with van der Waals surface area (Å²) in [7, 11) is 0. The predicted molar refractivity (Wildman–Crippen MR) is 55.2 cm³/mol. The number of ether oxygens (including phenoxy) is 1. The highest BCUT2D eigenvalue weighted by atomic mass is 16.6. The van der Waals surface area contributed by atoms with Gasteiger partial charge in [-0.25, -0.2) is 4.79 Å². The topological polar surface area (TPSA) is 50.4 Å². The fourth-order valence-electron chi connectivity index (χ4n) is 1.68. The maximum Gasteiger partial charge on any atom is 0.407 e. The molecule has 0 aliphatic carbocycles. The Kier molecular flexibility index (Phi) is 4.20. The summed E-state index contributed by atoms with van der Waals surface area (Å²) in [5.41, 5.74) is 0. The molecule has 0 spiro atoms. The van der Waals surface area contributed by atoms with Crippen molar-refractivity contribution < 1.29 is 9.53 Å². The zero-order valence-corrected chi connectivity index (χ0v) is 9.17. The van der Waals surface area contributed by atoms with Crippen LogP contribution < -0.4 is 10.6 Å². The van der Waals surface area contributed by atoms with Gasteiger partial charge in [0.2, 0.25) is 0 Å². The Balaban J connectivity index is 2.25. The second-order valence-corrected chi connectivity index (χ2v) is 4.29. The number of carbonyl (C=O) groups excluding carboxylic acids is 1. The molecular weight excluding hydrogens is 180 g/mol. The molecule has 4 nitrogen and oxygen atoms in total. The van der Waals surface area contributed by atoms with Crippen LogP contribution in [0, 0.1) is 5.92 Å². The average molecular weight is 200 g/mol. The molecule has 1 rings (SSSR count). The van der Waals surface area contributed by atoms with Crippen molar-refractivity contribution in [1.29, 1.82) is 0 Å². The molecule has 1 fully saturated rings. The Bertz CT molecular complexity index is 195. The molecule has 2 atom stereocenters. The van der Waals surface area contributed by atoms with E-state index in [1.165, 1.54) is 0 Å². The third-order valence-corrected chi connectivity index (χ3v) is 2.24. The Morgan fingerprint density at radius 1 is 1.50 bits per heavy atom. The zero-order valence-electron chi connectivity index (χ0n) is 9.17. The molecule has 2 N–H and O–H groups in total. The van der Waals surface area contributed by atoms with Crippen LogP contribution in [0.15, 0.2) is 0 Å². The van der Waals surface area contributed by atoms with Crippen molar-refractivity contribution in [2.45, 2.75) is 39.3 Å². The van der Waals surface area contributed by atoms with Gasteiger partial charge >= 0.3 is 6.09 Å². The van der Waals surface area contributed by atoms with Crippen LogP contribution in [0.3, 0.4) is 0 Å². The largest absolute Gasteiger partial charge is 0.447 e. The molecule has 1 aliphatic heterocycles. The van der Waals surface area contributed by atoms with Gasteiger partial charge < -0.3 is 15.4 Å². The molecule has 0 aromatic rings. The van der Waals surface area contributed by atoms with E-state index in [1.807, 2.05) is 13.8 Å². The number of alkyl carbamates (subject to hydrolysis) is 1. The highest BCUT2D eigenvalue weighted by Crippen LogP contribution is 2.09. The number of hydrogen-bond acceptors (Lipinski definition) is 3. The van der Waals surface area contributed by atoms with Crippen molar-refractivity contribution in [3.63, 3.8) is 0 Å². The lowest BCUT2D eigenvalue weighted by Crippen LogP contribution is -2.48. The number of nitrogens with one attached hydrogen (secondary N) is 2. The number of carbonyl (C=O) groups is 1. The van der Waals surface area contributed by atoms with Crippen molar-refractivity contribution in [2.75, 3.05) is 13.1 Å². The Morgan fingerprint density at radius 2 is 2.21 bits per heavy atom. The lowest BCUT2D eigenvalue weighted by atomic mass is 9.98. The smallest absolute Gasteiger partial charge is 0.407 e. The quantitative estimate of drug-likeness (QED) is 0.702. The summed E-state index contributed by atoms with van der Waals surface area (Å²) in [6.07, 6.45) is 0.671. The Labute approximate surface area is 85.4 Å². The van der Waals surface area contributed by atoms with E-state index in [4.69, 9.17) is 4.74 Å². The minimum atomic E-state index is -0.305. The summed E-state index contributed by atoms with van der Waals surface area (Å²) >= 11 is 0. The van der Waals surface area contributed by atoms with Crippen LogP contribution in [0.2, 0.25) is 0 Å². The third kappa shape index (κ3) is 3.96. The molecule has 1 saturated heterocycles. The SMILES string of the molecule is CC1CNCC(NC(=O)OC(C)C)C1. The minimum absolute atomic E-state index is 0.0519. The highest BCUT2D eigenvalue weighted by molar-refractivity contribution is 5.67. The van der Waals surface area contributed by atoms with Gasteiger partial charge in [0.25, 0.3) is 0 Å². The molecule has 0 aromatic heterocycles. The van der Waals surface area contributed by atoms with Crippen LogP contribution >= 0.6 is 0 Å². The molecule has 0 radical (unpaired) electrons. The Hall–Kier alpha value is -0.770. The van der Waals surface area contributed by atoms with Gasteiger partial charge in [-0.1, -0.05) is 6.92 Å². The summed E-state index contributed by atoms with van der Waals surface area (Å²) < 4.78 is 5.01. The molecule has 14 heavy (non-hydrogen) atoms. The summed E-state index contributed by atoms with van der Waals surface area (Å²) in [6, 6.07) is 0.213. The maximum atomic E-state index is 11.3. The monoisotopic (exact) mass is 200 g/mol. The molecule has 0 saturated carbocycles. The van der Waals surface area contributed by atoms with E-state index in [1.54, 1.807) is 0 Å². The lowest BCUT2D eigenvalue weighted by Gasteiger charge is -2.28. The lowest BCUT2D eigenvalue weighted by molar-refractivity contribution is 0.109. The summed E-state index contributed by atoms with van der Waals surface area (Å²) in [5.74, 6) is 0.619. The first-order chi connectivity index (χ1) is 6.58. The van der Waals surface area contributed by atoms with E-state index in [0.29, 0.717) is 5.92 Å². The van der Waals surface area contributed by atoms with E-state index in [9.17, 15) is 4.79 Å². The molecular formula is C10H20N2O2. The highest BCUT2D eigenvalue weighted by Gasteiger charge is 2.20. The van der Waals surface area contributed by atoms with Crippen LogP contribution in [-0.2, 0) is 4.74 Å². The van der Waals surface area contributed by atoms with E-state index >= 15 is 0 Å². The van der Waals surface area contributed by atoms with Gasteiger partial charge in [0.05, 0.1) is 6.10 Å². The standard InChI is InChI=1S/C10H20N2O2/c1-7(2)14-10(13)12-9-4-8(3)5-11-6-9/h7-9,11H,4-6H2,1-3H3,(H,12,13). The van der Waals surface area contributed by atoms with Crippen molar-refractivity contribution in [3.05, 3.63) is 0 Å². The second-order valence-electron chi connectivity index (χ2n) is 4.29. The minimum Gasteiger partial charge on any atom is -0.447 e. The van der Waals surface area contributed by atoms with Crippen LogP contribution in [0.4, 0.5) is 4.79 Å². The van der Waals surface area contributed by atoms with Crippen molar-refractivity contribution in [2.24, 2.45) is 5.92 Å². The average Bonchev–Trinajstić information content (AvgIpc) is 2.01. The third-order valence-electron chi connectivity index (χ3n) is 2.24. The number of piperidine rings is 1. The molecule has 0 aromatic carbocycles. The maximum absolute atomic E-state index is 11.3. The molecule has 4 heteroatoms. The summed E-state index contributed by atoms with van der Waals surface area (Å²) in [6.45, 7) is 7.76. The summed E-state index contributed by atoms with van der Waals surface area (Å²) in [4.78, 5) is 11.3. The van der Waals surface area contributed by atoms with Crippen molar-refractivity contribution in [3.8, 4) is 0 Å². The van der Waals surface area contributed by atoms with Crippen molar-refractivity contribution in [1.82, 2.24) is 10.6 Å². The second kappa shape index (κ2) is 5.20. The predicted octanol–water partition coefficient (Wildman–Crippen LogP) is 1.12. The van der Waals surface area contributed by atoms with Crippen LogP contribution in [0.5, 0.6) is 0 Å². The van der Waals surface area contributed by atoms with Crippen LogP contribution in [-0.4, -0.2) is 31.3 Å². The van der Waals surface area contributed by atoms with E-state index in [2.05, 4.69) is 17.6 Å². The molecule has 0 bridgehead atoms. The van der Waals surface area contributed by atoms with Crippen LogP contribution in [0.25, 0.3) is 0 Å². The first-order valence-electron chi connectivity index (χ1n) is 5.25. The number of hydrogen-bond donors (Lipinski definition) is 2. The molecule has 1 aliphatic rings. The normalized spacial score (nSPS) is 27.4. The van der Waals surface area contributed by atoms with Gasteiger partial charge in [-0.3, -0.25) is 0 Å². The first kappa shape index (κ1) is 11.3. The molecule has 82 valence electrons.